The van der Waals surface area contributed by atoms with Gasteiger partial charge in [-0.15, -0.1) is 11.6 Å². The molecule has 2 heterocycles. The molecule has 3 rings (SSSR count). The van der Waals surface area contributed by atoms with Crippen molar-refractivity contribution in [1.82, 2.24) is 15.1 Å². The van der Waals surface area contributed by atoms with Gasteiger partial charge in [0.05, 0.1) is 11.1 Å². The largest absolute Gasteiger partial charge is 0.353 e. The molecule has 1 fully saturated rings. The van der Waals surface area contributed by atoms with Crippen LogP contribution in [0.25, 0.3) is 0 Å². The number of likely N-dealkylation sites (tertiary alicyclic amines) is 1. The molecule has 0 atom stereocenters. The van der Waals surface area contributed by atoms with Crippen molar-refractivity contribution in [1.29, 1.82) is 0 Å². The quantitative estimate of drug-likeness (QED) is 0.553. The number of hydrogen-bond donors (Lipinski definition) is 1. The summed E-state index contributed by atoms with van der Waals surface area (Å²) in [6, 6.07) is 6.80. The summed E-state index contributed by atoms with van der Waals surface area (Å²) in [5.41, 5.74) is 0.847. The topological polar surface area (TPSA) is 86.8 Å². The molecule has 1 aromatic carbocycles. The number of nitrogens with one attached hydrogen (secondary N) is 1. The highest BCUT2D eigenvalue weighted by molar-refractivity contribution is 6.21. The summed E-state index contributed by atoms with van der Waals surface area (Å²) in [7, 11) is 0. The molecule has 8 heteroatoms. The molecule has 150 valence electrons. The van der Waals surface area contributed by atoms with Crippen molar-refractivity contribution < 1.29 is 19.2 Å². The molecule has 28 heavy (non-hydrogen) atoms. The second kappa shape index (κ2) is 9.19. The maximum atomic E-state index is 12.3. The fourth-order valence-corrected chi connectivity index (χ4v) is 3.81. The maximum Gasteiger partial charge on any atom is 0.261 e. The predicted molar refractivity (Wildman–Crippen MR) is 104 cm³/mol. The van der Waals surface area contributed by atoms with Crippen LogP contribution in [-0.2, 0) is 9.59 Å². The average molecular weight is 406 g/mol. The third-order valence-corrected chi connectivity index (χ3v) is 5.37. The van der Waals surface area contributed by atoms with Gasteiger partial charge < -0.3 is 10.2 Å². The first kappa shape index (κ1) is 20.3. The van der Waals surface area contributed by atoms with Crippen molar-refractivity contribution in [2.45, 2.75) is 38.1 Å². The van der Waals surface area contributed by atoms with E-state index in [2.05, 4.69) is 5.32 Å². The van der Waals surface area contributed by atoms with E-state index in [0.29, 0.717) is 42.9 Å². The monoisotopic (exact) mass is 405 g/mol. The van der Waals surface area contributed by atoms with Crippen LogP contribution in [-0.4, -0.2) is 65.0 Å². The first-order valence-corrected chi connectivity index (χ1v) is 10.1. The zero-order valence-electron chi connectivity index (χ0n) is 15.7. The summed E-state index contributed by atoms with van der Waals surface area (Å²) in [6.07, 6.45) is 2.45. The Kier molecular flexibility index (Phi) is 6.67. The molecule has 2 aliphatic heterocycles. The summed E-state index contributed by atoms with van der Waals surface area (Å²) in [5, 5.41) is 2.98. The molecule has 1 N–H and O–H groups in total. The Balaban J connectivity index is 1.39. The van der Waals surface area contributed by atoms with Crippen molar-refractivity contribution in [3.05, 3.63) is 35.4 Å². The number of benzene rings is 1. The van der Waals surface area contributed by atoms with Crippen LogP contribution >= 0.6 is 11.6 Å². The van der Waals surface area contributed by atoms with Crippen LogP contribution in [0.2, 0.25) is 0 Å². The zero-order chi connectivity index (χ0) is 20.1. The van der Waals surface area contributed by atoms with Crippen LogP contribution in [0.15, 0.2) is 24.3 Å². The van der Waals surface area contributed by atoms with E-state index in [0.717, 1.165) is 12.8 Å². The van der Waals surface area contributed by atoms with Crippen molar-refractivity contribution in [2.24, 2.45) is 0 Å². The van der Waals surface area contributed by atoms with Crippen molar-refractivity contribution in [3.8, 4) is 0 Å². The molecule has 2 aliphatic rings. The van der Waals surface area contributed by atoms with E-state index < -0.39 is 0 Å². The van der Waals surface area contributed by atoms with Gasteiger partial charge in [0, 0.05) is 44.4 Å². The van der Waals surface area contributed by atoms with Gasteiger partial charge in [0.2, 0.25) is 11.8 Å². The first-order chi connectivity index (χ1) is 13.5. The highest BCUT2D eigenvalue weighted by Crippen LogP contribution is 2.22. The Hall–Kier alpha value is -2.41. The molecule has 0 aliphatic carbocycles. The van der Waals surface area contributed by atoms with E-state index in [-0.39, 0.29) is 42.6 Å². The maximum absolute atomic E-state index is 12.3. The van der Waals surface area contributed by atoms with Crippen LogP contribution in [0.5, 0.6) is 0 Å². The van der Waals surface area contributed by atoms with Crippen LogP contribution in [0, 0.1) is 0 Å². The fraction of sp³-hybridized carbons (Fsp3) is 0.500. The van der Waals surface area contributed by atoms with Crippen molar-refractivity contribution in [2.75, 3.05) is 25.5 Å². The van der Waals surface area contributed by atoms with Gasteiger partial charge in [-0.25, -0.2) is 0 Å². The summed E-state index contributed by atoms with van der Waals surface area (Å²) in [4.78, 5) is 51.6. The Labute approximate surface area is 169 Å². The number of carbonyl (C=O) groups is 4. The summed E-state index contributed by atoms with van der Waals surface area (Å²) >= 11 is 5.60. The van der Waals surface area contributed by atoms with Crippen LogP contribution < -0.4 is 5.32 Å². The minimum absolute atomic E-state index is 0.0480. The number of hydrogen-bond acceptors (Lipinski definition) is 4. The second-order valence-corrected chi connectivity index (χ2v) is 7.45. The minimum Gasteiger partial charge on any atom is -0.353 e. The first-order valence-electron chi connectivity index (χ1n) is 9.59. The smallest absolute Gasteiger partial charge is 0.261 e. The highest BCUT2D eigenvalue weighted by Gasteiger charge is 2.34. The number of carbonyl (C=O) groups excluding carboxylic acids is 4. The Morgan fingerprint density at radius 1 is 1.04 bits per heavy atom. The molecule has 1 aromatic rings. The van der Waals surface area contributed by atoms with E-state index in [4.69, 9.17) is 11.6 Å². The molecule has 7 nitrogen and oxygen atoms in total. The SMILES string of the molecule is O=C(CCCN1C(=O)c2ccccc2C1=O)NC1CCN(C(=O)CCCl)CC1. The van der Waals surface area contributed by atoms with Crippen LogP contribution in [0.3, 0.4) is 0 Å². The third kappa shape index (κ3) is 4.52. The van der Waals surface area contributed by atoms with Gasteiger partial charge in [-0.1, -0.05) is 12.1 Å². The van der Waals surface area contributed by atoms with Gasteiger partial charge in [-0.2, -0.15) is 0 Å². The van der Waals surface area contributed by atoms with Gasteiger partial charge in [0.15, 0.2) is 0 Å². The fourth-order valence-electron chi connectivity index (χ4n) is 3.65. The van der Waals surface area contributed by atoms with E-state index in [1.165, 1.54) is 4.90 Å². The molecule has 0 unspecified atom stereocenters. The molecule has 0 saturated carbocycles. The molecule has 0 aromatic heterocycles. The molecule has 0 bridgehead atoms. The van der Waals surface area contributed by atoms with E-state index in [9.17, 15) is 19.2 Å². The van der Waals surface area contributed by atoms with E-state index in [1.807, 2.05) is 0 Å². The lowest BCUT2D eigenvalue weighted by Gasteiger charge is -2.32. The minimum atomic E-state index is -0.296. The van der Waals surface area contributed by atoms with Crippen LogP contribution in [0.4, 0.5) is 0 Å². The van der Waals surface area contributed by atoms with Crippen molar-refractivity contribution >= 4 is 35.2 Å². The normalized spacial score (nSPS) is 17.0. The van der Waals surface area contributed by atoms with Gasteiger partial charge >= 0.3 is 0 Å². The Bertz CT molecular complexity index is 739. The van der Waals surface area contributed by atoms with E-state index >= 15 is 0 Å². The molecule has 0 radical (unpaired) electrons. The molecule has 0 spiro atoms. The molecule has 1 saturated heterocycles. The highest BCUT2D eigenvalue weighted by atomic mass is 35.5. The number of rotatable bonds is 7. The Morgan fingerprint density at radius 3 is 2.21 bits per heavy atom. The van der Waals surface area contributed by atoms with Crippen molar-refractivity contribution in [3.63, 3.8) is 0 Å². The van der Waals surface area contributed by atoms with Crippen LogP contribution in [0.1, 0.15) is 52.8 Å². The summed E-state index contributed by atoms with van der Waals surface area (Å²) in [6.45, 7) is 1.47. The lowest BCUT2D eigenvalue weighted by Crippen LogP contribution is -2.46. The summed E-state index contributed by atoms with van der Waals surface area (Å²) < 4.78 is 0. The number of halogens is 1. The average Bonchev–Trinajstić information content (AvgIpc) is 2.94. The van der Waals surface area contributed by atoms with Gasteiger partial charge in [0.1, 0.15) is 0 Å². The third-order valence-electron chi connectivity index (χ3n) is 5.18. The van der Waals surface area contributed by atoms with E-state index in [1.54, 1.807) is 29.2 Å². The molecule has 4 amide bonds. The van der Waals surface area contributed by atoms with Gasteiger partial charge in [-0.3, -0.25) is 24.1 Å². The second-order valence-electron chi connectivity index (χ2n) is 7.07. The Morgan fingerprint density at radius 2 is 1.64 bits per heavy atom. The number of nitrogens with zero attached hydrogens (tertiary/aromatic N) is 2. The zero-order valence-corrected chi connectivity index (χ0v) is 16.4. The summed E-state index contributed by atoms with van der Waals surface area (Å²) in [5.74, 6) is -0.310. The number of piperidine rings is 1. The van der Waals surface area contributed by atoms with Gasteiger partial charge in [-0.05, 0) is 31.4 Å². The molecular formula is C20H24ClN3O4. The predicted octanol–water partition coefficient (Wildman–Crippen LogP) is 1.80. The lowest BCUT2D eigenvalue weighted by atomic mass is 10.0. The number of alkyl halides is 1. The number of amides is 4. The molecular weight excluding hydrogens is 382 g/mol. The lowest BCUT2D eigenvalue weighted by molar-refractivity contribution is -0.132. The number of fused-ring (bicyclic) bond motifs is 1. The standard InChI is InChI=1S/C20H24ClN3O4/c21-10-7-18(26)23-12-8-14(9-13-23)22-17(25)6-3-11-24-19(27)15-4-1-2-5-16(15)20(24)28/h1-2,4-5,14H,3,6-13H2,(H,22,25). The number of imide groups is 1. The van der Waals surface area contributed by atoms with Gasteiger partial charge in [0.25, 0.3) is 11.8 Å².